The van der Waals surface area contributed by atoms with Crippen LogP contribution in [-0.4, -0.2) is 55.9 Å². The van der Waals surface area contributed by atoms with E-state index in [1.807, 2.05) is 6.92 Å². The lowest BCUT2D eigenvalue weighted by Gasteiger charge is -2.35. The van der Waals surface area contributed by atoms with Gasteiger partial charge >= 0.3 is 0 Å². The van der Waals surface area contributed by atoms with Crippen LogP contribution >= 0.6 is 0 Å². The number of piperazine rings is 1. The Hall–Kier alpha value is -0.120. The van der Waals surface area contributed by atoms with Crippen LogP contribution in [0.15, 0.2) is 0 Å². The van der Waals surface area contributed by atoms with Crippen molar-refractivity contribution < 1.29 is 4.74 Å². The molecule has 1 fully saturated rings. The summed E-state index contributed by atoms with van der Waals surface area (Å²) in [6, 6.07) is 0. The second-order valence-corrected chi connectivity index (χ2v) is 3.39. The van der Waals surface area contributed by atoms with Crippen LogP contribution in [0.1, 0.15) is 13.8 Å². The fourth-order valence-electron chi connectivity index (χ4n) is 1.53. The molecule has 3 heteroatoms. The predicted molar refractivity (Wildman–Crippen MR) is 50.2 cm³/mol. The molecule has 3 nitrogen and oxygen atoms in total. The lowest BCUT2D eigenvalue weighted by Crippen LogP contribution is -2.48. The summed E-state index contributed by atoms with van der Waals surface area (Å²) in [4.78, 5) is 4.75. The molecule has 0 aliphatic carbocycles. The minimum Gasteiger partial charge on any atom is -0.364 e. The summed E-state index contributed by atoms with van der Waals surface area (Å²) in [7, 11) is 2.17. The maximum Gasteiger partial charge on any atom is 0.107 e. The van der Waals surface area contributed by atoms with Crippen molar-refractivity contribution in [1.82, 2.24) is 9.80 Å². The summed E-state index contributed by atoms with van der Waals surface area (Å²) in [6.07, 6.45) is 0.295. The molecule has 0 bridgehead atoms. The van der Waals surface area contributed by atoms with Crippen LogP contribution in [0.5, 0.6) is 0 Å². The number of rotatable bonds is 3. The maximum absolute atomic E-state index is 5.52. The highest BCUT2D eigenvalue weighted by Gasteiger charge is 2.18. The molecule has 0 amide bonds. The quantitative estimate of drug-likeness (QED) is 0.620. The van der Waals surface area contributed by atoms with Crippen molar-refractivity contribution in [2.45, 2.75) is 20.1 Å². The number of ether oxygens (including phenoxy) is 1. The molecule has 0 radical (unpaired) electrons. The van der Waals surface area contributed by atoms with Crippen molar-refractivity contribution in [3.05, 3.63) is 0 Å². The van der Waals surface area contributed by atoms with Gasteiger partial charge in [0.05, 0.1) is 0 Å². The van der Waals surface area contributed by atoms with E-state index in [2.05, 4.69) is 23.8 Å². The molecule has 1 atom stereocenters. The van der Waals surface area contributed by atoms with Gasteiger partial charge in [0, 0.05) is 32.8 Å². The Morgan fingerprint density at radius 2 is 1.83 bits per heavy atom. The Balaban J connectivity index is 2.24. The molecule has 1 saturated heterocycles. The van der Waals surface area contributed by atoms with E-state index in [1.54, 1.807) is 0 Å². The van der Waals surface area contributed by atoms with Gasteiger partial charge in [0.15, 0.2) is 0 Å². The highest BCUT2D eigenvalue weighted by Crippen LogP contribution is 2.05. The molecule has 72 valence electrons. The molecule has 12 heavy (non-hydrogen) atoms. The zero-order valence-electron chi connectivity index (χ0n) is 8.42. The average molecular weight is 172 g/mol. The van der Waals surface area contributed by atoms with Crippen LogP contribution < -0.4 is 0 Å². The van der Waals surface area contributed by atoms with Gasteiger partial charge in [0.2, 0.25) is 0 Å². The van der Waals surface area contributed by atoms with Gasteiger partial charge in [0.25, 0.3) is 0 Å². The highest BCUT2D eigenvalue weighted by atomic mass is 16.5. The summed E-state index contributed by atoms with van der Waals surface area (Å²) in [5.41, 5.74) is 0. The van der Waals surface area contributed by atoms with E-state index in [0.29, 0.717) is 6.23 Å². The van der Waals surface area contributed by atoms with E-state index in [-0.39, 0.29) is 0 Å². The SMILES string of the molecule is CCOC(C)N1CCN(C)CC1. The van der Waals surface area contributed by atoms with Gasteiger partial charge in [0.1, 0.15) is 6.23 Å². The molecule has 0 saturated carbocycles. The number of hydrogen-bond acceptors (Lipinski definition) is 3. The van der Waals surface area contributed by atoms with E-state index >= 15 is 0 Å². The molecule has 1 heterocycles. The summed E-state index contributed by atoms with van der Waals surface area (Å²) in [6.45, 7) is 9.60. The van der Waals surface area contributed by atoms with Gasteiger partial charge in [-0.1, -0.05) is 0 Å². The number of hydrogen-bond donors (Lipinski definition) is 0. The van der Waals surface area contributed by atoms with Crippen LogP contribution in [0, 0.1) is 0 Å². The van der Waals surface area contributed by atoms with Gasteiger partial charge in [-0.3, -0.25) is 4.90 Å². The van der Waals surface area contributed by atoms with E-state index in [1.165, 1.54) is 0 Å². The third-order valence-electron chi connectivity index (χ3n) is 2.46. The summed E-state index contributed by atoms with van der Waals surface area (Å²) < 4.78 is 5.52. The fraction of sp³-hybridized carbons (Fsp3) is 1.00. The monoisotopic (exact) mass is 172 g/mol. The molecular formula is C9H20N2O. The molecule has 1 aliphatic rings. The Bertz CT molecular complexity index is 122. The van der Waals surface area contributed by atoms with Crippen molar-refractivity contribution in [2.75, 3.05) is 39.8 Å². The molecule has 1 unspecified atom stereocenters. The average Bonchev–Trinajstić information content (AvgIpc) is 2.06. The molecule has 0 aromatic carbocycles. The van der Waals surface area contributed by atoms with Crippen molar-refractivity contribution in [3.8, 4) is 0 Å². The standard InChI is InChI=1S/C9H20N2O/c1-4-12-9(2)11-7-5-10(3)6-8-11/h9H,4-8H2,1-3H3. The normalized spacial score (nSPS) is 24.2. The molecule has 0 N–H and O–H groups in total. The molecule has 1 rings (SSSR count). The van der Waals surface area contributed by atoms with Crippen molar-refractivity contribution >= 4 is 0 Å². The van der Waals surface area contributed by atoms with E-state index < -0.39 is 0 Å². The van der Waals surface area contributed by atoms with Crippen molar-refractivity contribution in [3.63, 3.8) is 0 Å². The molecule has 0 spiro atoms. The molecular weight excluding hydrogens is 152 g/mol. The Morgan fingerprint density at radius 3 is 2.33 bits per heavy atom. The first-order valence-electron chi connectivity index (χ1n) is 4.78. The van der Waals surface area contributed by atoms with E-state index in [4.69, 9.17) is 4.74 Å². The zero-order chi connectivity index (χ0) is 8.97. The predicted octanol–water partition coefficient (Wildman–Crippen LogP) is 0.616. The first-order chi connectivity index (χ1) is 5.74. The van der Waals surface area contributed by atoms with Gasteiger partial charge in [-0.15, -0.1) is 0 Å². The second-order valence-electron chi connectivity index (χ2n) is 3.39. The number of likely N-dealkylation sites (N-methyl/N-ethyl adjacent to an activating group) is 1. The summed E-state index contributed by atoms with van der Waals surface area (Å²) in [5, 5.41) is 0. The van der Waals surface area contributed by atoms with Gasteiger partial charge in [-0.25, -0.2) is 0 Å². The van der Waals surface area contributed by atoms with Crippen LogP contribution in [0.3, 0.4) is 0 Å². The summed E-state index contributed by atoms with van der Waals surface area (Å²) in [5.74, 6) is 0. The van der Waals surface area contributed by atoms with E-state index in [9.17, 15) is 0 Å². The number of nitrogens with zero attached hydrogens (tertiary/aromatic N) is 2. The minimum absolute atomic E-state index is 0.295. The maximum atomic E-state index is 5.52. The highest BCUT2D eigenvalue weighted by molar-refractivity contribution is 4.69. The molecule has 1 aliphatic heterocycles. The van der Waals surface area contributed by atoms with Crippen molar-refractivity contribution in [2.24, 2.45) is 0 Å². The van der Waals surface area contributed by atoms with Crippen LogP contribution in [-0.2, 0) is 4.74 Å². The molecule has 0 aromatic heterocycles. The Morgan fingerprint density at radius 1 is 1.25 bits per heavy atom. The van der Waals surface area contributed by atoms with Gasteiger partial charge < -0.3 is 9.64 Å². The Kier molecular flexibility index (Phi) is 3.98. The van der Waals surface area contributed by atoms with Crippen LogP contribution in [0.4, 0.5) is 0 Å². The minimum atomic E-state index is 0.295. The second kappa shape index (κ2) is 4.80. The lowest BCUT2D eigenvalue weighted by molar-refractivity contribution is -0.0580. The summed E-state index contributed by atoms with van der Waals surface area (Å²) >= 11 is 0. The topological polar surface area (TPSA) is 15.7 Å². The molecule has 0 aromatic rings. The van der Waals surface area contributed by atoms with Crippen LogP contribution in [0.2, 0.25) is 0 Å². The third kappa shape index (κ3) is 2.73. The van der Waals surface area contributed by atoms with Crippen LogP contribution in [0.25, 0.3) is 0 Å². The third-order valence-corrected chi connectivity index (χ3v) is 2.46. The van der Waals surface area contributed by atoms with Gasteiger partial charge in [-0.05, 0) is 20.9 Å². The van der Waals surface area contributed by atoms with Crippen molar-refractivity contribution in [1.29, 1.82) is 0 Å². The first-order valence-corrected chi connectivity index (χ1v) is 4.78. The Labute approximate surface area is 75.3 Å². The lowest BCUT2D eigenvalue weighted by atomic mass is 10.3. The van der Waals surface area contributed by atoms with Gasteiger partial charge in [-0.2, -0.15) is 0 Å². The fourth-order valence-corrected chi connectivity index (χ4v) is 1.53. The first kappa shape index (κ1) is 9.96. The van der Waals surface area contributed by atoms with E-state index in [0.717, 1.165) is 32.8 Å². The largest absolute Gasteiger partial charge is 0.364 e. The smallest absolute Gasteiger partial charge is 0.107 e. The zero-order valence-corrected chi connectivity index (χ0v) is 8.42.